The summed E-state index contributed by atoms with van der Waals surface area (Å²) >= 11 is 1.05. The highest BCUT2D eigenvalue weighted by molar-refractivity contribution is 7.99. The Hall–Kier alpha value is -2.34. The fourth-order valence-electron chi connectivity index (χ4n) is 1.70. The number of fused-ring (bicyclic) bond motifs is 1. The molecule has 0 aliphatic carbocycles. The lowest BCUT2D eigenvalue weighted by molar-refractivity contribution is 0.0697. The van der Waals surface area contributed by atoms with E-state index >= 15 is 0 Å². The molecular formula is C14H8FNO3S. The summed E-state index contributed by atoms with van der Waals surface area (Å²) in [6.45, 7) is 0. The van der Waals surface area contributed by atoms with E-state index < -0.39 is 5.97 Å². The molecule has 0 amide bonds. The summed E-state index contributed by atoms with van der Waals surface area (Å²) in [4.78, 5) is 15.5. The van der Waals surface area contributed by atoms with Gasteiger partial charge < -0.3 is 9.52 Å². The normalized spacial score (nSPS) is 10.8. The molecule has 0 aliphatic rings. The van der Waals surface area contributed by atoms with Crippen LogP contribution < -0.4 is 0 Å². The highest BCUT2D eigenvalue weighted by atomic mass is 32.2. The van der Waals surface area contributed by atoms with Gasteiger partial charge in [0.25, 0.3) is 5.22 Å². The summed E-state index contributed by atoms with van der Waals surface area (Å²) in [6, 6.07) is 10.7. The smallest absolute Gasteiger partial charge is 0.335 e. The van der Waals surface area contributed by atoms with Crippen LogP contribution in [-0.2, 0) is 0 Å². The maximum Gasteiger partial charge on any atom is 0.335 e. The van der Waals surface area contributed by atoms with Gasteiger partial charge in [-0.3, -0.25) is 0 Å². The second-order valence-electron chi connectivity index (χ2n) is 4.00. The molecule has 6 heteroatoms. The average molecular weight is 289 g/mol. The number of carboxylic acid groups (broad SMARTS) is 1. The van der Waals surface area contributed by atoms with Crippen LogP contribution in [0.15, 0.2) is 57.0 Å². The topological polar surface area (TPSA) is 63.3 Å². The minimum Gasteiger partial charge on any atom is -0.478 e. The third kappa shape index (κ3) is 2.37. The van der Waals surface area contributed by atoms with Gasteiger partial charge in [0, 0.05) is 0 Å². The van der Waals surface area contributed by atoms with Crippen LogP contribution in [0.2, 0.25) is 0 Å². The monoisotopic (exact) mass is 289 g/mol. The van der Waals surface area contributed by atoms with E-state index in [2.05, 4.69) is 4.98 Å². The minimum absolute atomic E-state index is 0.121. The molecule has 4 nitrogen and oxygen atoms in total. The van der Waals surface area contributed by atoms with Crippen molar-refractivity contribution in [3.8, 4) is 0 Å². The number of halogens is 1. The zero-order valence-corrected chi connectivity index (χ0v) is 10.9. The Balaban J connectivity index is 1.97. The molecule has 3 rings (SSSR count). The largest absolute Gasteiger partial charge is 0.478 e. The van der Waals surface area contributed by atoms with Crippen LogP contribution in [0.25, 0.3) is 11.1 Å². The number of hydrogen-bond acceptors (Lipinski definition) is 4. The van der Waals surface area contributed by atoms with Crippen LogP contribution in [0.5, 0.6) is 0 Å². The van der Waals surface area contributed by atoms with Crippen molar-refractivity contribution in [1.29, 1.82) is 0 Å². The number of aromatic carboxylic acids is 1. The number of oxazole rings is 1. The van der Waals surface area contributed by atoms with Crippen molar-refractivity contribution in [2.45, 2.75) is 10.1 Å². The van der Waals surface area contributed by atoms with Gasteiger partial charge in [-0.05, 0) is 42.1 Å². The molecule has 2 aromatic carbocycles. The first kappa shape index (κ1) is 12.7. The van der Waals surface area contributed by atoms with Crippen LogP contribution in [0.4, 0.5) is 4.39 Å². The van der Waals surface area contributed by atoms with Gasteiger partial charge in [-0.25, -0.2) is 14.2 Å². The molecule has 0 aliphatic heterocycles. The number of hydrogen-bond donors (Lipinski definition) is 1. The van der Waals surface area contributed by atoms with Crippen molar-refractivity contribution in [2.75, 3.05) is 0 Å². The molecule has 0 radical (unpaired) electrons. The van der Waals surface area contributed by atoms with E-state index in [-0.39, 0.29) is 16.6 Å². The average Bonchev–Trinajstić information content (AvgIpc) is 2.82. The molecule has 3 aromatic rings. The second kappa shape index (κ2) is 4.97. The lowest BCUT2D eigenvalue weighted by atomic mass is 10.2. The van der Waals surface area contributed by atoms with E-state index in [4.69, 9.17) is 9.52 Å². The molecule has 0 bridgehead atoms. The molecule has 0 atom stereocenters. The first-order valence-electron chi connectivity index (χ1n) is 5.70. The van der Waals surface area contributed by atoms with E-state index in [1.807, 2.05) is 0 Å². The van der Waals surface area contributed by atoms with Crippen molar-refractivity contribution in [3.63, 3.8) is 0 Å². The van der Waals surface area contributed by atoms with Crippen LogP contribution in [-0.4, -0.2) is 16.1 Å². The fraction of sp³-hybridized carbons (Fsp3) is 0. The van der Waals surface area contributed by atoms with E-state index in [0.29, 0.717) is 16.0 Å². The highest BCUT2D eigenvalue weighted by Crippen LogP contribution is 2.31. The molecular weight excluding hydrogens is 281 g/mol. The molecule has 0 spiro atoms. The second-order valence-corrected chi connectivity index (χ2v) is 4.99. The molecule has 0 fully saturated rings. The SMILES string of the molecule is O=C(O)c1ccc2nc(Sc3ccccc3F)oc2c1. The summed E-state index contributed by atoms with van der Waals surface area (Å²) in [5, 5.41) is 9.18. The molecule has 1 aromatic heterocycles. The Morgan fingerprint density at radius 3 is 2.80 bits per heavy atom. The predicted molar refractivity (Wildman–Crippen MR) is 71.5 cm³/mol. The summed E-state index contributed by atoms with van der Waals surface area (Å²) in [7, 11) is 0. The van der Waals surface area contributed by atoms with Gasteiger partial charge in [0.05, 0.1) is 10.5 Å². The molecule has 1 N–H and O–H groups in total. The van der Waals surface area contributed by atoms with E-state index in [1.54, 1.807) is 24.3 Å². The molecule has 20 heavy (non-hydrogen) atoms. The Morgan fingerprint density at radius 1 is 1.25 bits per heavy atom. The lowest BCUT2D eigenvalue weighted by Gasteiger charge is -1.97. The van der Waals surface area contributed by atoms with E-state index in [0.717, 1.165) is 11.8 Å². The number of carbonyl (C=O) groups is 1. The predicted octanol–water partition coefficient (Wildman–Crippen LogP) is 3.82. The van der Waals surface area contributed by atoms with Crippen LogP contribution >= 0.6 is 11.8 Å². The number of nitrogens with zero attached hydrogens (tertiary/aromatic N) is 1. The highest BCUT2D eigenvalue weighted by Gasteiger charge is 2.12. The fourth-order valence-corrected chi connectivity index (χ4v) is 2.48. The molecule has 1 heterocycles. The van der Waals surface area contributed by atoms with Crippen LogP contribution in [0, 0.1) is 5.82 Å². The van der Waals surface area contributed by atoms with Gasteiger partial charge in [0.2, 0.25) is 0 Å². The maximum absolute atomic E-state index is 13.5. The summed E-state index contributed by atoms with van der Waals surface area (Å²) < 4.78 is 19.0. The van der Waals surface area contributed by atoms with Gasteiger partial charge in [0.1, 0.15) is 11.3 Å². The molecule has 100 valence electrons. The minimum atomic E-state index is -1.04. The third-order valence-electron chi connectivity index (χ3n) is 2.65. The van der Waals surface area contributed by atoms with Crippen molar-refractivity contribution < 1.29 is 18.7 Å². The van der Waals surface area contributed by atoms with Crippen molar-refractivity contribution in [2.24, 2.45) is 0 Å². The van der Waals surface area contributed by atoms with Gasteiger partial charge in [-0.2, -0.15) is 0 Å². The van der Waals surface area contributed by atoms with Crippen LogP contribution in [0.1, 0.15) is 10.4 Å². The molecule has 0 saturated heterocycles. The Labute approximate surface area is 117 Å². The number of benzene rings is 2. The Morgan fingerprint density at radius 2 is 2.05 bits per heavy atom. The first-order valence-corrected chi connectivity index (χ1v) is 6.51. The van der Waals surface area contributed by atoms with E-state index in [1.165, 1.54) is 18.2 Å². The number of rotatable bonds is 3. The molecule has 0 unspecified atom stereocenters. The van der Waals surface area contributed by atoms with Gasteiger partial charge in [-0.15, -0.1) is 0 Å². The molecule has 0 saturated carbocycles. The Bertz CT molecular complexity index is 800. The Kier molecular flexibility index (Phi) is 3.15. The number of aromatic nitrogens is 1. The first-order chi connectivity index (χ1) is 9.63. The summed E-state index contributed by atoms with van der Waals surface area (Å²) in [5.74, 6) is -1.39. The maximum atomic E-state index is 13.5. The summed E-state index contributed by atoms with van der Waals surface area (Å²) in [5.41, 5.74) is 1.02. The number of carboxylic acids is 1. The standard InChI is InChI=1S/C14H8FNO3S/c15-9-3-1-2-4-12(9)20-14-16-10-6-5-8(13(17)18)7-11(10)19-14/h1-7H,(H,17,18). The van der Waals surface area contributed by atoms with Gasteiger partial charge in [0.15, 0.2) is 5.58 Å². The van der Waals surface area contributed by atoms with Crippen molar-refractivity contribution in [3.05, 3.63) is 53.8 Å². The van der Waals surface area contributed by atoms with Crippen LogP contribution in [0.3, 0.4) is 0 Å². The van der Waals surface area contributed by atoms with Crippen molar-refractivity contribution in [1.82, 2.24) is 4.98 Å². The third-order valence-corrected chi connectivity index (χ3v) is 3.55. The zero-order valence-electron chi connectivity index (χ0n) is 10.0. The quantitative estimate of drug-likeness (QED) is 0.794. The zero-order chi connectivity index (χ0) is 14.1. The van der Waals surface area contributed by atoms with Gasteiger partial charge in [-0.1, -0.05) is 12.1 Å². The van der Waals surface area contributed by atoms with E-state index in [9.17, 15) is 9.18 Å². The lowest BCUT2D eigenvalue weighted by Crippen LogP contribution is -1.94. The van der Waals surface area contributed by atoms with Gasteiger partial charge >= 0.3 is 5.97 Å². The summed E-state index contributed by atoms with van der Waals surface area (Å²) in [6.07, 6.45) is 0. The van der Waals surface area contributed by atoms with Crippen molar-refractivity contribution >= 4 is 28.8 Å².